The standard InChI is InChI=1S/C14H11F6N3O2/c1-7-2-11(23-25-7)22-12(24)6-21-10-4-8(13(15,16)17)3-9(5-10)14(18,19)20/h2-5,21H,6H2,1H3,(H,22,23,24). The minimum atomic E-state index is -4.96. The predicted molar refractivity (Wildman–Crippen MR) is 74.8 cm³/mol. The molecule has 136 valence electrons. The number of halogens is 6. The molecule has 0 atom stereocenters. The highest BCUT2D eigenvalue weighted by molar-refractivity contribution is 5.92. The first-order chi connectivity index (χ1) is 11.4. The molecular formula is C14H11F6N3O2. The monoisotopic (exact) mass is 367 g/mol. The normalized spacial score (nSPS) is 12.1. The number of aryl methyl sites for hydroxylation is 1. The van der Waals surface area contributed by atoms with Gasteiger partial charge in [0.15, 0.2) is 5.82 Å². The highest BCUT2D eigenvalue weighted by Crippen LogP contribution is 2.37. The van der Waals surface area contributed by atoms with Gasteiger partial charge in [-0.3, -0.25) is 4.79 Å². The zero-order valence-electron chi connectivity index (χ0n) is 12.5. The molecule has 1 heterocycles. The average Bonchev–Trinajstić information content (AvgIpc) is 2.88. The van der Waals surface area contributed by atoms with Crippen LogP contribution in [0.2, 0.25) is 0 Å². The molecule has 0 spiro atoms. The Morgan fingerprint density at radius 3 is 2.04 bits per heavy atom. The second-order valence-electron chi connectivity index (χ2n) is 5.02. The Labute approximate surface area is 137 Å². The van der Waals surface area contributed by atoms with Crippen LogP contribution in [0.5, 0.6) is 0 Å². The van der Waals surface area contributed by atoms with E-state index in [4.69, 9.17) is 4.52 Å². The molecule has 2 N–H and O–H groups in total. The van der Waals surface area contributed by atoms with Crippen LogP contribution in [0.15, 0.2) is 28.8 Å². The Kier molecular flexibility index (Phi) is 4.95. The van der Waals surface area contributed by atoms with Crippen LogP contribution in [0.1, 0.15) is 16.9 Å². The molecule has 1 aromatic carbocycles. The molecule has 1 amide bonds. The van der Waals surface area contributed by atoms with Crippen LogP contribution in [-0.4, -0.2) is 17.6 Å². The molecule has 0 bridgehead atoms. The lowest BCUT2D eigenvalue weighted by Crippen LogP contribution is -2.22. The first kappa shape index (κ1) is 18.6. The van der Waals surface area contributed by atoms with Crippen molar-refractivity contribution in [3.05, 3.63) is 41.2 Å². The van der Waals surface area contributed by atoms with Crippen LogP contribution in [-0.2, 0) is 17.1 Å². The summed E-state index contributed by atoms with van der Waals surface area (Å²) in [7, 11) is 0. The molecule has 0 aliphatic heterocycles. The first-order valence-electron chi connectivity index (χ1n) is 6.71. The molecule has 25 heavy (non-hydrogen) atoms. The second kappa shape index (κ2) is 6.65. The fourth-order valence-electron chi connectivity index (χ4n) is 1.85. The topological polar surface area (TPSA) is 67.2 Å². The highest BCUT2D eigenvalue weighted by Gasteiger charge is 2.36. The summed E-state index contributed by atoms with van der Waals surface area (Å²) in [5.41, 5.74) is -3.44. The van der Waals surface area contributed by atoms with Gasteiger partial charge in [0.1, 0.15) is 5.76 Å². The molecule has 2 rings (SSSR count). The lowest BCUT2D eigenvalue weighted by Gasteiger charge is -2.15. The minimum absolute atomic E-state index is 0.00339. The number of alkyl halides is 6. The fourth-order valence-corrected chi connectivity index (χ4v) is 1.85. The summed E-state index contributed by atoms with van der Waals surface area (Å²) < 4.78 is 81.1. The van der Waals surface area contributed by atoms with E-state index in [2.05, 4.69) is 15.8 Å². The Balaban J connectivity index is 2.13. The maximum absolute atomic E-state index is 12.7. The van der Waals surface area contributed by atoms with E-state index in [-0.39, 0.29) is 11.9 Å². The number of amides is 1. The van der Waals surface area contributed by atoms with E-state index < -0.39 is 41.6 Å². The van der Waals surface area contributed by atoms with Crippen LogP contribution in [0.4, 0.5) is 37.8 Å². The van der Waals surface area contributed by atoms with E-state index in [9.17, 15) is 31.1 Å². The minimum Gasteiger partial charge on any atom is -0.376 e. The Morgan fingerprint density at radius 2 is 1.60 bits per heavy atom. The van der Waals surface area contributed by atoms with Crippen molar-refractivity contribution in [3.63, 3.8) is 0 Å². The third kappa shape index (κ3) is 5.13. The number of carbonyl (C=O) groups excluding carboxylic acids is 1. The maximum atomic E-state index is 12.7. The number of rotatable bonds is 4. The number of aromatic nitrogens is 1. The van der Waals surface area contributed by atoms with Crippen molar-refractivity contribution in [2.45, 2.75) is 19.3 Å². The summed E-state index contributed by atoms with van der Waals surface area (Å²) in [6.45, 7) is 1.01. The smallest absolute Gasteiger partial charge is 0.376 e. The van der Waals surface area contributed by atoms with Gasteiger partial charge in [0.2, 0.25) is 5.91 Å². The molecule has 1 aromatic heterocycles. The zero-order chi connectivity index (χ0) is 18.8. The largest absolute Gasteiger partial charge is 0.416 e. The van der Waals surface area contributed by atoms with E-state index in [1.54, 1.807) is 6.92 Å². The molecule has 11 heteroatoms. The number of benzene rings is 1. The number of carbonyl (C=O) groups is 1. The third-order valence-corrected chi connectivity index (χ3v) is 2.94. The van der Waals surface area contributed by atoms with Crippen LogP contribution in [0.25, 0.3) is 0 Å². The number of anilines is 2. The van der Waals surface area contributed by atoms with Gasteiger partial charge in [0.05, 0.1) is 17.7 Å². The van der Waals surface area contributed by atoms with Gasteiger partial charge in [-0.1, -0.05) is 5.16 Å². The van der Waals surface area contributed by atoms with E-state index in [1.165, 1.54) is 6.07 Å². The molecule has 0 radical (unpaired) electrons. The Hall–Kier alpha value is -2.72. The van der Waals surface area contributed by atoms with Crippen molar-refractivity contribution in [2.24, 2.45) is 0 Å². The fraction of sp³-hybridized carbons (Fsp3) is 0.286. The number of hydrogen-bond acceptors (Lipinski definition) is 4. The molecular weight excluding hydrogens is 356 g/mol. The Morgan fingerprint density at radius 1 is 1.04 bits per heavy atom. The lowest BCUT2D eigenvalue weighted by atomic mass is 10.1. The molecule has 0 unspecified atom stereocenters. The van der Waals surface area contributed by atoms with Crippen molar-refractivity contribution in [3.8, 4) is 0 Å². The zero-order valence-corrected chi connectivity index (χ0v) is 12.5. The van der Waals surface area contributed by atoms with Gasteiger partial charge in [-0.2, -0.15) is 26.3 Å². The van der Waals surface area contributed by atoms with Crippen molar-refractivity contribution in [2.75, 3.05) is 17.2 Å². The summed E-state index contributed by atoms with van der Waals surface area (Å²) in [6.07, 6.45) is -9.92. The average molecular weight is 367 g/mol. The van der Waals surface area contributed by atoms with Gasteiger partial charge in [-0.15, -0.1) is 0 Å². The van der Waals surface area contributed by atoms with E-state index in [0.29, 0.717) is 17.9 Å². The van der Waals surface area contributed by atoms with Crippen LogP contribution in [0.3, 0.4) is 0 Å². The number of nitrogens with zero attached hydrogens (tertiary/aromatic N) is 1. The van der Waals surface area contributed by atoms with Gasteiger partial charge < -0.3 is 15.2 Å². The van der Waals surface area contributed by atoms with Crippen molar-refractivity contribution < 1.29 is 35.7 Å². The van der Waals surface area contributed by atoms with Crippen LogP contribution < -0.4 is 10.6 Å². The quantitative estimate of drug-likeness (QED) is 0.800. The van der Waals surface area contributed by atoms with E-state index in [1.807, 2.05) is 0 Å². The summed E-state index contributed by atoms with van der Waals surface area (Å²) in [5, 5.41) is 7.97. The predicted octanol–water partition coefficient (Wildman–Crippen LogP) is 4.07. The molecule has 0 fully saturated rings. The van der Waals surface area contributed by atoms with E-state index in [0.717, 1.165) is 0 Å². The summed E-state index contributed by atoms with van der Waals surface area (Å²) in [6, 6.07) is 2.37. The lowest BCUT2D eigenvalue weighted by molar-refractivity contribution is -0.143. The first-order valence-corrected chi connectivity index (χ1v) is 6.71. The van der Waals surface area contributed by atoms with Crippen molar-refractivity contribution >= 4 is 17.4 Å². The van der Waals surface area contributed by atoms with E-state index >= 15 is 0 Å². The SMILES string of the molecule is Cc1cc(NC(=O)CNc2cc(C(F)(F)F)cc(C(F)(F)F)c2)no1. The second-order valence-corrected chi connectivity index (χ2v) is 5.02. The number of nitrogens with one attached hydrogen (secondary N) is 2. The summed E-state index contributed by atoms with van der Waals surface area (Å²) in [5.74, 6) is -0.237. The van der Waals surface area contributed by atoms with Gasteiger partial charge in [0.25, 0.3) is 0 Å². The maximum Gasteiger partial charge on any atom is 0.416 e. The highest BCUT2D eigenvalue weighted by atomic mass is 19.4. The third-order valence-electron chi connectivity index (χ3n) is 2.94. The molecule has 0 aliphatic carbocycles. The van der Waals surface area contributed by atoms with Gasteiger partial charge >= 0.3 is 12.4 Å². The number of hydrogen-bond donors (Lipinski definition) is 2. The molecule has 2 aromatic rings. The summed E-state index contributed by atoms with van der Waals surface area (Å²) in [4.78, 5) is 11.7. The molecule has 0 saturated carbocycles. The van der Waals surface area contributed by atoms with Crippen molar-refractivity contribution in [1.29, 1.82) is 0 Å². The molecule has 5 nitrogen and oxygen atoms in total. The van der Waals surface area contributed by atoms with Crippen molar-refractivity contribution in [1.82, 2.24) is 5.16 Å². The van der Waals surface area contributed by atoms with Crippen LogP contribution >= 0.6 is 0 Å². The van der Waals surface area contributed by atoms with Gasteiger partial charge in [0, 0.05) is 11.8 Å². The molecule has 0 aliphatic rings. The molecule has 0 saturated heterocycles. The Bertz CT molecular complexity index is 734. The van der Waals surface area contributed by atoms with Gasteiger partial charge in [-0.05, 0) is 25.1 Å². The van der Waals surface area contributed by atoms with Crippen LogP contribution in [0, 0.1) is 6.92 Å². The van der Waals surface area contributed by atoms with Gasteiger partial charge in [-0.25, -0.2) is 0 Å². The summed E-state index contributed by atoms with van der Waals surface area (Å²) >= 11 is 0.